The van der Waals surface area contributed by atoms with Crippen LogP contribution in [0.1, 0.15) is 18.4 Å². The fraction of sp³-hybridized carbons (Fsp3) is 0.529. The molecular weight excluding hydrogens is 312 g/mol. The van der Waals surface area contributed by atoms with Crippen molar-refractivity contribution in [2.24, 2.45) is 5.92 Å². The Balaban J connectivity index is 1.87. The van der Waals surface area contributed by atoms with Gasteiger partial charge in [-0.1, -0.05) is 30.3 Å². The highest BCUT2D eigenvalue weighted by Gasteiger charge is 2.34. The monoisotopic (exact) mass is 336 g/mol. The van der Waals surface area contributed by atoms with E-state index in [0.717, 1.165) is 17.7 Å². The summed E-state index contributed by atoms with van der Waals surface area (Å²) in [7, 11) is 0. The highest BCUT2D eigenvalue weighted by Crippen LogP contribution is 2.20. The Labute approximate surface area is 141 Å². The van der Waals surface area contributed by atoms with Gasteiger partial charge in [0.25, 0.3) is 0 Å². The average Bonchev–Trinajstić information content (AvgIpc) is 2.93. The second-order valence-corrected chi connectivity index (χ2v) is 6.82. The predicted molar refractivity (Wildman–Crippen MR) is 92.0 cm³/mol. The van der Waals surface area contributed by atoms with E-state index >= 15 is 0 Å². The number of benzene rings is 1. The summed E-state index contributed by atoms with van der Waals surface area (Å²) in [6, 6.07) is 9.55. The molecule has 5 nitrogen and oxygen atoms in total. The average molecular weight is 336 g/mol. The molecule has 2 unspecified atom stereocenters. The zero-order valence-corrected chi connectivity index (χ0v) is 14.2. The van der Waals surface area contributed by atoms with Crippen LogP contribution in [0.25, 0.3) is 0 Å². The maximum Gasteiger partial charge on any atom is 0.225 e. The van der Waals surface area contributed by atoms with Gasteiger partial charge < -0.3 is 15.3 Å². The van der Waals surface area contributed by atoms with E-state index in [2.05, 4.69) is 5.32 Å². The molecule has 1 aliphatic rings. The molecule has 2 atom stereocenters. The minimum atomic E-state index is -0.324. The molecule has 0 saturated carbocycles. The molecule has 0 radical (unpaired) electrons. The van der Waals surface area contributed by atoms with Gasteiger partial charge in [-0.25, -0.2) is 0 Å². The minimum Gasteiger partial charge on any atom is -0.394 e. The molecule has 2 rings (SSSR count). The molecule has 1 aromatic rings. The summed E-state index contributed by atoms with van der Waals surface area (Å²) in [6.07, 6.45) is 2.98. The van der Waals surface area contributed by atoms with E-state index in [0.29, 0.717) is 13.1 Å². The van der Waals surface area contributed by atoms with Crippen LogP contribution in [0.4, 0.5) is 0 Å². The molecular formula is C17H24N2O3S. The smallest absolute Gasteiger partial charge is 0.225 e. The topological polar surface area (TPSA) is 69.6 Å². The van der Waals surface area contributed by atoms with Crippen LogP contribution in [-0.2, 0) is 16.1 Å². The van der Waals surface area contributed by atoms with Crippen LogP contribution in [0.2, 0.25) is 0 Å². The first kappa shape index (κ1) is 17.8. The SMILES string of the molecule is CSCCC(CO)NC(=O)C1CC(=O)N(Cc2ccccc2)C1. The number of thioether (sulfide) groups is 1. The van der Waals surface area contributed by atoms with Gasteiger partial charge in [-0.2, -0.15) is 11.8 Å². The minimum absolute atomic E-state index is 0.0127. The van der Waals surface area contributed by atoms with Crippen molar-refractivity contribution in [1.82, 2.24) is 10.2 Å². The lowest BCUT2D eigenvalue weighted by Crippen LogP contribution is -2.42. The molecule has 0 aliphatic carbocycles. The first-order chi connectivity index (χ1) is 11.1. The van der Waals surface area contributed by atoms with Crippen molar-refractivity contribution in [2.75, 3.05) is 25.2 Å². The number of likely N-dealkylation sites (tertiary alicyclic amines) is 1. The Kier molecular flexibility index (Phi) is 6.92. The van der Waals surface area contributed by atoms with Crippen molar-refractivity contribution < 1.29 is 14.7 Å². The summed E-state index contributed by atoms with van der Waals surface area (Å²) >= 11 is 1.68. The van der Waals surface area contributed by atoms with Gasteiger partial charge in [0.2, 0.25) is 11.8 Å². The van der Waals surface area contributed by atoms with E-state index < -0.39 is 0 Å². The zero-order chi connectivity index (χ0) is 16.7. The van der Waals surface area contributed by atoms with Crippen molar-refractivity contribution in [3.63, 3.8) is 0 Å². The van der Waals surface area contributed by atoms with Crippen LogP contribution in [0, 0.1) is 5.92 Å². The molecule has 2 amide bonds. The molecule has 0 bridgehead atoms. The first-order valence-corrected chi connectivity index (χ1v) is 9.25. The van der Waals surface area contributed by atoms with E-state index in [1.54, 1.807) is 16.7 Å². The van der Waals surface area contributed by atoms with Crippen LogP contribution in [0.5, 0.6) is 0 Å². The second-order valence-electron chi connectivity index (χ2n) is 5.83. The Morgan fingerprint density at radius 2 is 2.17 bits per heavy atom. The lowest BCUT2D eigenvalue weighted by atomic mass is 10.1. The maximum atomic E-state index is 12.3. The van der Waals surface area contributed by atoms with E-state index in [1.807, 2.05) is 36.6 Å². The van der Waals surface area contributed by atoms with Crippen molar-refractivity contribution >= 4 is 23.6 Å². The van der Waals surface area contributed by atoms with Crippen molar-refractivity contribution in [1.29, 1.82) is 0 Å². The lowest BCUT2D eigenvalue weighted by molar-refractivity contribution is -0.129. The number of carbonyl (C=O) groups excluding carboxylic acids is 2. The van der Waals surface area contributed by atoms with Crippen molar-refractivity contribution in [2.45, 2.75) is 25.4 Å². The molecule has 1 fully saturated rings. The van der Waals surface area contributed by atoms with Gasteiger partial charge in [-0.15, -0.1) is 0 Å². The zero-order valence-electron chi connectivity index (χ0n) is 13.4. The number of nitrogens with one attached hydrogen (secondary N) is 1. The third-order valence-electron chi connectivity index (χ3n) is 4.04. The third kappa shape index (κ3) is 5.25. The largest absolute Gasteiger partial charge is 0.394 e. The van der Waals surface area contributed by atoms with Crippen LogP contribution in [0.3, 0.4) is 0 Å². The quantitative estimate of drug-likeness (QED) is 0.750. The second kappa shape index (κ2) is 8.93. The molecule has 0 aromatic heterocycles. The van der Waals surface area contributed by atoms with Crippen LogP contribution >= 0.6 is 11.8 Å². The first-order valence-electron chi connectivity index (χ1n) is 7.86. The van der Waals surface area contributed by atoms with Crippen LogP contribution in [0.15, 0.2) is 30.3 Å². The van der Waals surface area contributed by atoms with Gasteiger partial charge in [-0.3, -0.25) is 9.59 Å². The molecule has 1 saturated heterocycles. The van der Waals surface area contributed by atoms with E-state index in [-0.39, 0.29) is 36.8 Å². The number of hydrogen-bond donors (Lipinski definition) is 2. The fourth-order valence-electron chi connectivity index (χ4n) is 2.69. The molecule has 1 heterocycles. The molecule has 23 heavy (non-hydrogen) atoms. The summed E-state index contributed by atoms with van der Waals surface area (Å²) in [6.45, 7) is 0.917. The van der Waals surface area contributed by atoms with Crippen molar-refractivity contribution in [3.8, 4) is 0 Å². The van der Waals surface area contributed by atoms with E-state index in [1.165, 1.54) is 0 Å². The van der Waals surface area contributed by atoms with Crippen LogP contribution < -0.4 is 5.32 Å². The van der Waals surface area contributed by atoms with Gasteiger partial charge in [-0.05, 0) is 24.0 Å². The Morgan fingerprint density at radius 3 is 2.83 bits per heavy atom. The highest BCUT2D eigenvalue weighted by molar-refractivity contribution is 7.98. The fourth-order valence-corrected chi connectivity index (χ4v) is 3.21. The van der Waals surface area contributed by atoms with Crippen molar-refractivity contribution in [3.05, 3.63) is 35.9 Å². The summed E-state index contributed by atoms with van der Waals surface area (Å²) in [5.74, 6) is 0.442. The van der Waals surface area contributed by atoms with Gasteiger partial charge in [0.15, 0.2) is 0 Å². The molecule has 2 N–H and O–H groups in total. The number of nitrogens with zero attached hydrogens (tertiary/aromatic N) is 1. The predicted octanol–water partition coefficient (Wildman–Crippen LogP) is 1.27. The molecule has 6 heteroatoms. The summed E-state index contributed by atoms with van der Waals surface area (Å²) in [5, 5.41) is 12.2. The Bertz CT molecular complexity index is 524. The van der Waals surface area contributed by atoms with Gasteiger partial charge in [0.05, 0.1) is 18.6 Å². The number of aliphatic hydroxyl groups excluding tert-OH is 1. The summed E-state index contributed by atoms with van der Waals surface area (Å²) < 4.78 is 0. The third-order valence-corrected chi connectivity index (χ3v) is 4.68. The van der Waals surface area contributed by atoms with E-state index in [9.17, 15) is 14.7 Å². The van der Waals surface area contributed by atoms with Gasteiger partial charge >= 0.3 is 0 Å². The van der Waals surface area contributed by atoms with Gasteiger partial charge in [0.1, 0.15) is 0 Å². The van der Waals surface area contributed by atoms with Gasteiger partial charge in [0, 0.05) is 19.5 Å². The maximum absolute atomic E-state index is 12.3. The number of hydrogen-bond acceptors (Lipinski definition) is 4. The highest BCUT2D eigenvalue weighted by atomic mass is 32.2. The standard InChI is InChI=1S/C17H24N2O3S/c1-23-8-7-15(12-20)18-17(22)14-9-16(21)19(11-14)10-13-5-3-2-4-6-13/h2-6,14-15,20H,7-12H2,1H3,(H,18,22). The molecule has 1 aromatic carbocycles. The lowest BCUT2D eigenvalue weighted by Gasteiger charge is -2.19. The Hall–Kier alpha value is -1.53. The number of aliphatic hydroxyl groups is 1. The summed E-state index contributed by atoms with van der Waals surface area (Å²) in [4.78, 5) is 26.2. The molecule has 126 valence electrons. The Morgan fingerprint density at radius 1 is 1.43 bits per heavy atom. The number of carbonyl (C=O) groups is 2. The molecule has 1 aliphatic heterocycles. The van der Waals surface area contributed by atoms with Crippen LogP contribution in [-0.4, -0.2) is 53.0 Å². The normalized spacial score (nSPS) is 19.0. The number of rotatable bonds is 8. The van der Waals surface area contributed by atoms with E-state index in [4.69, 9.17) is 0 Å². The summed E-state index contributed by atoms with van der Waals surface area (Å²) in [5.41, 5.74) is 1.06. The molecule has 0 spiro atoms. The number of amides is 2.